The van der Waals surface area contributed by atoms with Gasteiger partial charge in [0.25, 0.3) is 11.8 Å². The minimum absolute atomic E-state index is 0. The second kappa shape index (κ2) is 10.7. The number of halogens is 1. The molecule has 1 aliphatic carbocycles. The molecule has 2 aliphatic heterocycles. The number of carboxylic acids is 1. The molecule has 190 valence electrons. The predicted molar refractivity (Wildman–Crippen MR) is 141 cm³/mol. The molecule has 0 unspecified atom stereocenters. The van der Waals surface area contributed by atoms with Gasteiger partial charge in [-0.25, -0.2) is 4.98 Å². The Morgan fingerprint density at radius 3 is 2.92 bits per heavy atom. The number of hydrogen-bond acceptors (Lipinski definition) is 10. The average Bonchev–Trinajstić information content (AvgIpc) is 3.49. The van der Waals surface area contributed by atoms with Gasteiger partial charge in [0, 0.05) is 34.8 Å². The van der Waals surface area contributed by atoms with Crippen LogP contribution < -0.4 is 20.7 Å². The van der Waals surface area contributed by atoms with Gasteiger partial charge in [0.15, 0.2) is 29.3 Å². The lowest BCUT2D eigenvalue weighted by atomic mass is 10.0. The number of β-lactam (4-membered cyclic amide) rings is 1. The van der Waals surface area contributed by atoms with E-state index >= 15 is 0 Å². The van der Waals surface area contributed by atoms with Crippen molar-refractivity contribution < 1.29 is 28.9 Å². The Morgan fingerprint density at radius 1 is 1.42 bits per heavy atom. The largest absolute Gasteiger partial charge is 0.543 e. The van der Waals surface area contributed by atoms with Crippen LogP contribution in [-0.2, 0) is 38.6 Å². The maximum absolute atomic E-state index is 13.0. The number of thioether (sulfide) groups is 1. The van der Waals surface area contributed by atoms with Gasteiger partial charge in [0.2, 0.25) is 0 Å². The normalized spacial score (nSPS) is 20.8. The Kier molecular flexibility index (Phi) is 7.85. The van der Waals surface area contributed by atoms with Crippen molar-refractivity contribution in [3.05, 3.63) is 51.9 Å². The second-order valence-electron chi connectivity index (χ2n) is 8.26. The first-order valence-corrected chi connectivity index (χ1v) is 12.8. The third-order valence-electron chi connectivity index (χ3n) is 6.19. The Morgan fingerprint density at radius 2 is 2.22 bits per heavy atom. The van der Waals surface area contributed by atoms with E-state index in [4.69, 9.17) is 10.6 Å². The van der Waals surface area contributed by atoms with E-state index < -0.39 is 29.2 Å². The van der Waals surface area contributed by atoms with E-state index in [1.807, 2.05) is 12.3 Å². The number of thiazole rings is 1. The van der Waals surface area contributed by atoms with Gasteiger partial charge in [-0.1, -0.05) is 5.16 Å². The number of hydrogen-bond donors (Lipinski definition) is 2. The Labute approximate surface area is 231 Å². The summed E-state index contributed by atoms with van der Waals surface area (Å²) >= 11 is 2.53. The van der Waals surface area contributed by atoms with Gasteiger partial charge in [-0.3, -0.25) is 14.5 Å². The fraction of sp³-hybridized carbons (Fsp3) is 0.364. The van der Waals surface area contributed by atoms with Crippen LogP contribution in [0.25, 0.3) is 0 Å². The number of aliphatic carboxylic acids is 1. The van der Waals surface area contributed by atoms with Gasteiger partial charge in [-0.2, -0.15) is 4.57 Å². The Hall–Kier alpha value is -2.72. The van der Waals surface area contributed by atoms with Crippen molar-refractivity contribution in [2.75, 3.05) is 18.6 Å². The topological polar surface area (TPSA) is 154 Å². The third kappa shape index (κ3) is 4.68. The van der Waals surface area contributed by atoms with Crippen LogP contribution in [0.1, 0.15) is 23.4 Å². The lowest BCUT2D eigenvalue weighted by molar-refractivity contribution is -0.696. The van der Waals surface area contributed by atoms with Crippen molar-refractivity contribution in [2.45, 2.75) is 37.2 Å². The zero-order valence-corrected chi connectivity index (χ0v) is 23.1. The number of carbonyl (C=O) groups is 3. The molecule has 3 N–H and O–H groups in total. The van der Waals surface area contributed by atoms with Crippen LogP contribution in [0.4, 0.5) is 5.13 Å². The number of nitrogens with two attached hydrogens (primary N) is 1. The van der Waals surface area contributed by atoms with Crippen LogP contribution in [0, 0.1) is 0 Å². The number of anilines is 1. The molecule has 14 heteroatoms. The number of pyridine rings is 1. The van der Waals surface area contributed by atoms with Crippen LogP contribution in [0.2, 0.25) is 0 Å². The van der Waals surface area contributed by atoms with Crippen LogP contribution in [0.3, 0.4) is 0 Å². The number of fused-ring (bicyclic) bond motifs is 2. The molecule has 0 bridgehead atoms. The molecule has 2 aromatic rings. The standard InChI is InChI=1S/C22H22N6O5S2.HI/c1-33-26-15(13-10-35-22(23)24-13)18(29)25-16-19(30)28-17(21(31)32)12(9-34-20(16)28)8-27-7-3-5-11-4-2-6-14(11)27;/h3,5,7,10,16,20H,2,4,6,8-9H2,1H3,(H3-,23,24,25,29,31,32);1H/b26-15+;/t16-,20-;/m1./s1. The van der Waals surface area contributed by atoms with Gasteiger partial charge < -0.3 is 25.8 Å². The molecule has 0 spiro atoms. The SMILES string of the molecule is CO/N=C(/C(=O)N[C@@H]1C(=O)N2C(C(=O)[O-])=C(C[n+]3cccc4c3CCC4)CS[C@H]12)c1csc(N)n1.I. The van der Waals surface area contributed by atoms with E-state index in [0.29, 0.717) is 17.9 Å². The van der Waals surface area contributed by atoms with Crippen molar-refractivity contribution >= 4 is 75.7 Å². The van der Waals surface area contributed by atoms with Gasteiger partial charge in [0.1, 0.15) is 24.2 Å². The predicted octanol–water partition coefficient (Wildman–Crippen LogP) is -0.426. The summed E-state index contributed by atoms with van der Waals surface area (Å²) in [5, 5.41) is 19.7. The molecule has 4 heterocycles. The van der Waals surface area contributed by atoms with Crippen molar-refractivity contribution in [2.24, 2.45) is 5.16 Å². The summed E-state index contributed by atoms with van der Waals surface area (Å²) in [5.41, 5.74) is 8.69. The van der Waals surface area contributed by atoms with E-state index in [1.165, 1.54) is 35.0 Å². The minimum atomic E-state index is -1.41. The molecule has 5 rings (SSSR count). The first kappa shape index (κ1) is 26.3. The molecule has 36 heavy (non-hydrogen) atoms. The number of oxime groups is 1. The summed E-state index contributed by atoms with van der Waals surface area (Å²) < 4.78 is 2.05. The van der Waals surface area contributed by atoms with E-state index in [2.05, 4.69) is 26.1 Å². The van der Waals surface area contributed by atoms with Crippen molar-refractivity contribution in [1.82, 2.24) is 15.2 Å². The fourth-order valence-electron chi connectivity index (χ4n) is 4.66. The quantitative estimate of drug-likeness (QED) is 0.136. The molecule has 11 nitrogen and oxygen atoms in total. The smallest absolute Gasteiger partial charge is 0.276 e. The molecule has 3 aliphatic rings. The van der Waals surface area contributed by atoms with Crippen molar-refractivity contribution in [3.8, 4) is 0 Å². The molecule has 0 radical (unpaired) electrons. The number of nitrogens with one attached hydrogen (secondary N) is 1. The van der Waals surface area contributed by atoms with Gasteiger partial charge in [-0.05, 0) is 18.9 Å². The number of amides is 2. The number of aryl methyl sites for hydroxylation is 1. The van der Waals surface area contributed by atoms with Gasteiger partial charge in [0.05, 0.1) is 11.7 Å². The molecular formula is C22H23IN6O5S2. The molecule has 2 aromatic heterocycles. The van der Waals surface area contributed by atoms with Gasteiger partial charge >= 0.3 is 0 Å². The van der Waals surface area contributed by atoms with Crippen molar-refractivity contribution in [1.29, 1.82) is 0 Å². The Bertz CT molecular complexity index is 1300. The first-order chi connectivity index (χ1) is 16.9. The van der Waals surface area contributed by atoms with Crippen LogP contribution in [-0.4, -0.2) is 57.7 Å². The third-order valence-corrected chi connectivity index (χ3v) is 8.20. The summed E-state index contributed by atoms with van der Waals surface area (Å²) in [4.78, 5) is 48.0. The van der Waals surface area contributed by atoms with E-state index in [1.54, 1.807) is 5.38 Å². The zero-order valence-electron chi connectivity index (χ0n) is 19.1. The maximum atomic E-state index is 13.0. The highest BCUT2D eigenvalue weighted by atomic mass is 127. The number of nitrogen functional groups attached to an aromatic ring is 1. The van der Waals surface area contributed by atoms with E-state index in [-0.39, 0.29) is 46.2 Å². The molecule has 2 atom stereocenters. The molecule has 2 amide bonds. The fourth-order valence-corrected chi connectivity index (χ4v) is 6.54. The minimum Gasteiger partial charge on any atom is -0.543 e. The highest BCUT2D eigenvalue weighted by molar-refractivity contribution is 14.0. The summed E-state index contributed by atoms with van der Waals surface area (Å²) in [7, 11) is 1.29. The summed E-state index contributed by atoms with van der Waals surface area (Å²) in [6.07, 6.45) is 4.94. The summed E-state index contributed by atoms with van der Waals surface area (Å²) in [6.45, 7) is 0.364. The van der Waals surface area contributed by atoms with Crippen LogP contribution >= 0.6 is 47.1 Å². The maximum Gasteiger partial charge on any atom is 0.276 e. The number of aromatic nitrogens is 2. The van der Waals surface area contributed by atoms with Crippen molar-refractivity contribution in [3.63, 3.8) is 0 Å². The van der Waals surface area contributed by atoms with E-state index in [9.17, 15) is 19.5 Å². The Balaban J connectivity index is 0.00000304. The molecular weight excluding hydrogens is 619 g/mol. The summed E-state index contributed by atoms with van der Waals surface area (Å²) in [6, 6.07) is 3.12. The van der Waals surface area contributed by atoms with Crippen LogP contribution in [0.15, 0.2) is 40.1 Å². The summed E-state index contributed by atoms with van der Waals surface area (Å²) in [5.74, 6) is -2.21. The number of carboxylic acid groups (broad SMARTS) is 1. The van der Waals surface area contributed by atoms with E-state index in [0.717, 1.165) is 30.6 Å². The monoisotopic (exact) mass is 642 g/mol. The van der Waals surface area contributed by atoms with Crippen LogP contribution in [0.5, 0.6) is 0 Å². The number of rotatable bonds is 7. The highest BCUT2D eigenvalue weighted by Crippen LogP contribution is 2.40. The number of nitrogens with zero attached hydrogens (tertiary/aromatic N) is 4. The lowest BCUT2D eigenvalue weighted by Crippen LogP contribution is -2.71. The first-order valence-electron chi connectivity index (χ1n) is 10.9. The number of carbonyl (C=O) groups excluding carboxylic acids is 3. The lowest BCUT2D eigenvalue weighted by Gasteiger charge is -2.50. The average molecular weight is 643 g/mol. The highest BCUT2D eigenvalue weighted by Gasteiger charge is 2.53. The molecule has 0 saturated carbocycles. The molecule has 1 saturated heterocycles. The zero-order chi connectivity index (χ0) is 24.7. The second-order valence-corrected chi connectivity index (χ2v) is 10.3. The molecule has 0 aromatic carbocycles. The molecule has 1 fully saturated rings. The van der Waals surface area contributed by atoms with Gasteiger partial charge in [-0.15, -0.1) is 47.1 Å².